The van der Waals surface area contributed by atoms with Crippen molar-refractivity contribution in [2.45, 2.75) is 27.2 Å². The summed E-state index contributed by atoms with van der Waals surface area (Å²) in [5.41, 5.74) is 1.75. The zero-order valence-corrected chi connectivity index (χ0v) is 15.7. The minimum atomic E-state index is -0.438. The molecule has 1 heterocycles. The number of carbonyl (C=O) groups excluding carboxylic acids is 2. The van der Waals surface area contributed by atoms with Crippen LogP contribution in [0.2, 0.25) is 0 Å². The predicted octanol–water partition coefficient (Wildman–Crippen LogP) is 3.68. The molecule has 0 spiro atoms. The number of thiophene rings is 1. The van der Waals surface area contributed by atoms with E-state index in [1.165, 1.54) is 11.3 Å². The molecule has 0 saturated carbocycles. The largest absolute Gasteiger partial charge is 0.484 e. The highest BCUT2D eigenvalue weighted by Gasteiger charge is 2.23. The Labute approximate surface area is 156 Å². The van der Waals surface area contributed by atoms with Gasteiger partial charge in [-0.3, -0.25) is 4.79 Å². The van der Waals surface area contributed by atoms with Gasteiger partial charge in [0.15, 0.2) is 6.61 Å². The number of nitrogens with one attached hydrogen (secondary N) is 1. The monoisotopic (exact) mass is 372 g/mol. The summed E-state index contributed by atoms with van der Waals surface area (Å²) in [6, 6.07) is 8.57. The molecule has 136 valence electrons. The zero-order chi connectivity index (χ0) is 19.1. The van der Waals surface area contributed by atoms with Crippen LogP contribution in [0.3, 0.4) is 0 Å². The lowest BCUT2D eigenvalue weighted by Crippen LogP contribution is -2.21. The Morgan fingerprint density at radius 1 is 1.31 bits per heavy atom. The molecule has 7 heteroatoms. The molecular weight excluding hydrogens is 352 g/mol. The number of nitrogens with zero attached hydrogens (tertiary/aromatic N) is 1. The van der Waals surface area contributed by atoms with Crippen molar-refractivity contribution in [2.75, 3.05) is 18.5 Å². The number of aryl methyl sites for hydroxylation is 1. The molecule has 0 aliphatic heterocycles. The average Bonchev–Trinajstić information content (AvgIpc) is 2.95. The lowest BCUT2D eigenvalue weighted by molar-refractivity contribution is -0.118. The number of nitriles is 1. The molecule has 0 bridgehead atoms. The second-order valence-electron chi connectivity index (χ2n) is 5.39. The number of amides is 1. The summed E-state index contributed by atoms with van der Waals surface area (Å²) in [7, 11) is 0. The fourth-order valence-corrected chi connectivity index (χ4v) is 3.63. The summed E-state index contributed by atoms with van der Waals surface area (Å²) in [4.78, 5) is 25.5. The number of hydrogen-bond donors (Lipinski definition) is 1. The van der Waals surface area contributed by atoms with E-state index in [0.717, 1.165) is 10.4 Å². The van der Waals surface area contributed by atoms with E-state index in [9.17, 15) is 9.59 Å². The molecule has 0 aliphatic carbocycles. The van der Waals surface area contributed by atoms with E-state index in [-0.39, 0.29) is 19.1 Å². The third-order valence-electron chi connectivity index (χ3n) is 3.63. The van der Waals surface area contributed by atoms with Gasteiger partial charge in [0.2, 0.25) is 0 Å². The summed E-state index contributed by atoms with van der Waals surface area (Å²) in [5.74, 6) is -0.394. The molecule has 0 unspecified atom stereocenters. The number of carbonyl (C=O) groups is 2. The molecule has 0 saturated heterocycles. The van der Waals surface area contributed by atoms with Crippen molar-refractivity contribution < 1.29 is 19.1 Å². The van der Waals surface area contributed by atoms with Gasteiger partial charge in [0.05, 0.1) is 23.8 Å². The number of anilines is 1. The molecule has 0 atom stereocenters. The number of esters is 1. The average molecular weight is 372 g/mol. The number of rotatable bonds is 7. The Balaban J connectivity index is 2.11. The molecule has 2 rings (SSSR count). The van der Waals surface area contributed by atoms with Gasteiger partial charge in [-0.1, -0.05) is 13.0 Å². The first kappa shape index (κ1) is 19.5. The Bertz CT molecular complexity index is 852. The van der Waals surface area contributed by atoms with Gasteiger partial charge in [-0.05, 0) is 44.0 Å². The molecule has 26 heavy (non-hydrogen) atoms. The third-order valence-corrected chi connectivity index (χ3v) is 4.69. The van der Waals surface area contributed by atoms with Crippen molar-refractivity contribution in [1.82, 2.24) is 0 Å². The van der Waals surface area contributed by atoms with E-state index >= 15 is 0 Å². The Morgan fingerprint density at radius 2 is 2.08 bits per heavy atom. The molecule has 0 aliphatic rings. The van der Waals surface area contributed by atoms with Crippen LogP contribution in [0, 0.1) is 18.3 Å². The van der Waals surface area contributed by atoms with Crippen LogP contribution in [0.1, 0.15) is 40.2 Å². The molecule has 1 N–H and O–H groups in total. The van der Waals surface area contributed by atoms with E-state index in [1.54, 1.807) is 31.2 Å². The van der Waals surface area contributed by atoms with Crippen molar-refractivity contribution in [2.24, 2.45) is 0 Å². The van der Waals surface area contributed by atoms with E-state index < -0.39 is 5.97 Å². The van der Waals surface area contributed by atoms with Gasteiger partial charge >= 0.3 is 5.97 Å². The molecule has 6 nitrogen and oxygen atoms in total. The van der Waals surface area contributed by atoms with Gasteiger partial charge in [-0.2, -0.15) is 5.26 Å². The zero-order valence-electron chi connectivity index (χ0n) is 14.9. The van der Waals surface area contributed by atoms with Crippen molar-refractivity contribution in [1.29, 1.82) is 5.26 Å². The fourth-order valence-electron chi connectivity index (χ4n) is 2.48. The normalized spacial score (nSPS) is 10.1. The van der Waals surface area contributed by atoms with Gasteiger partial charge in [0.25, 0.3) is 5.91 Å². The third kappa shape index (κ3) is 4.61. The quantitative estimate of drug-likeness (QED) is 0.749. The maximum absolute atomic E-state index is 12.3. The fraction of sp³-hybridized carbons (Fsp3) is 0.316. The summed E-state index contributed by atoms with van der Waals surface area (Å²) >= 11 is 1.34. The van der Waals surface area contributed by atoms with Crippen molar-refractivity contribution in [3.05, 3.63) is 45.8 Å². The van der Waals surface area contributed by atoms with Gasteiger partial charge in [0, 0.05) is 4.88 Å². The SMILES string of the molecule is CCOC(=O)c1c(NC(=O)COc2cccc(C#N)c2)sc(C)c1CC. The van der Waals surface area contributed by atoms with Crippen LogP contribution in [0.5, 0.6) is 5.75 Å². The molecule has 0 radical (unpaired) electrons. The topological polar surface area (TPSA) is 88.4 Å². The minimum Gasteiger partial charge on any atom is -0.484 e. The minimum absolute atomic E-state index is 0.227. The van der Waals surface area contributed by atoms with Crippen LogP contribution in [0.25, 0.3) is 0 Å². The van der Waals surface area contributed by atoms with Crippen LogP contribution in [-0.2, 0) is 16.0 Å². The second-order valence-corrected chi connectivity index (χ2v) is 6.62. The van der Waals surface area contributed by atoms with Gasteiger partial charge < -0.3 is 14.8 Å². The van der Waals surface area contributed by atoms with Gasteiger partial charge in [-0.25, -0.2) is 4.79 Å². The van der Waals surface area contributed by atoms with E-state index in [0.29, 0.717) is 28.3 Å². The molecule has 1 amide bonds. The number of benzene rings is 1. The highest BCUT2D eigenvalue weighted by atomic mass is 32.1. The van der Waals surface area contributed by atoms with Crippen molar-refractivity contribution in [3.8, 4) is 11.8 Å². The first-order valence-corrected chi connectivity index (χ1v) is 9.03. The Morgan fingerprint density at radius 3 is 2.73 bits per heavy atom. The summed E-state index contributed by atoms with van der Waals surface area (Å²) < 4.78 is 10.5. The molecule has 0 fully saturated rings. The van der Waals surface area contributed by atoms with E-state index in [1.807, 2.05) is 19.9 Å². The Kier molecular flexibility index (Phi) is 6.75. The number of hydrogen-bond acceptors (Lipinski definition) is 6. The second kappa shape index (κ2) is 9.02. The summed E-state index contributed by atoms with van der Waals surface area (Å²) in [6.07, 6.45) is 0.670. The predicted molar refractivity (Wildman–Crippen MR) is 99.7 cm³/mol. The van der Waals surface area contributed by atoms with Crippen LogP contribution < -0.4 is 10.1 Å². The first-order valence-electron chi connectivity index (χ1n) is 8.22. The Hall–Kier alpha value is -2.85. The van der Waals surface area contributed by atoms with E-state index in [2.05, 4.69) is 5.32 Å². The van der Waals surface area contributed by atoms with Crippen LogP contribution in [0.4, 0.5) is 5.00 Å². The first-order chi connectivity index (χ1) is 12.5. The highest BCUT2D eigenvalue weighted by Crippen LogP contribution is 2.34. The van der Waals surface area contributed by atoms with Gasteiger partial charge in [-0.15, -0.1) is 11.3 Å². The molecule has 1 aromatic carbocycles. The maximum Gasteiger partial charge on any atom is 0.341 e. The van der Waals surface area contributed by atoms with Crippen LogP contribution >= 0.6 is 11.3 Å². The highest BCUT2D eigenvalue weighted by molar-refractivity contribution is 7.16. The lowest BCUT2D eigenvalue weighted by atomic mass is 10.1. The smallest absolute Gasteiger partial charge is 0.341 e. The number of ether oxygens (including phenoxy) is 2. The maximum atomic E-state index is 12.3. The lowest BCUT2D eigenvalue weighted by Gasteiger charge is -2.09. The van der Waals surface area contributed by atoms with Crippen LogP contribution in [-0.4, -0.2) is 25.1 Å². The summed E-state index contributed by atoms with van der Waals surface area (Å²) in [6.45, 7) is 5.64. The summed E-state index contributed by atoms with van der Waals surface area (Å²) in [5, 5.41) is 12.1. The van der Waals surface area contributed by atoms with Crippen LogP contribution in [0.15, 0.2) is 24.3 Å². The van der Waals surface area contributed by atoms with E-state index in [4.69, 9.17) is 14.7 Å². The molecule has 1 aromatic heterocycles. The molecule has 2 aromatic rings. The van der Waals surface area contributed by atoms with Gasteiger partial charge in [0.1, 0.15) is 10.8 Å². The molecular formula is C19H20N2O4S. The standard InChI is InChI=1S/C19H20N2O4S/c1-4-15-12(3)26-18(17(15)19(23)24-5-2)21-16(22)11-25-14-8-6-7-13(9-14)10-20/h6-9H,4-5,11H2,1-3H3,(H,21,22). The van der Waals surface area contributed by atoms with Crippen molar-refractivity contribution in [3.63, 3.8) is 0 Å². The van der Waals surface area contributed by atoms with Crippen molar-refractivity contribution >= 4 is 28.2 Å².